The zero-order chi connectivity index (χ0) is 26.1. The molecule has 3 aromatic carbocycles. The van der Waals surface area contributed by atoms with Crippen LogP contribution in [0, 0.1) is 13.8 Å². The summed E-state index contributed by atoms with van der Waals surface area (Å²) in [7, 11) is 0. The van der Waals surface area contributed by atoms with Gasteiger partial charge in [-0.05, 0) is 60.7 Å². The molecule has 5 rings (SSSR count). The molecule has 1 N–H and O–H groups in total. The number of carbonyl (C=O) groups is 2. The summed E-state index contributed by atoms with van der Waals surface area (Å²) in [6, 6.07) is 22.8. The van der Waals surface area contributed by atoms with Crippen LogP contribution in [-0.2, 0) is 22.6 Å². The van der Waals surface area contributed by atoms with E-state index in [0.717, 1.165) is 39.7 Å². The Morgan fingerprint density at radius 3 is 2.49 bits per heavy atom. The van der Waals surface area contributed by atoms with Gasteiger partial charge in [0.15, 0.2) is 0 Å². The summed E-state index contributed by atoms with van der Waals surface area (Å²) in [5.74, 6) is -0.182. The fourth-order valence-electron chi connectivity index (χ4n) is 5.35. The standard InChI is InChI=1S/C31H30ClN3O2/c1-4-29(37)34-17-25(18-34)33-28(36)19-35-21(3)30(27-16-24(32)14-20(2)31(27)35)26-13-9-8-12-23(26)15-22-10-6-5-7-11-22/h4-14,16,25H,1,15,17-19H2,2-3H3,(H,33,36). The molecule has 1 aromatic heterocycles. The van der Waals surface area contributed by atoms with Gasteiger partial charge in [-0.3, -0.25) is 9.59 Å². The molecule has 0 radical (unpaired) electrons. The second-order valence-electron chi connectivity index (χ2n) is 9.70. The molecule has 0 aliphatic carbocycles. The Kier molecular flexibility index (Phi) is 6.90. The molecule has 0 spiro atoms. The van der Waals surface area contributed by atoms with E-state index < -0.39 is 0 Å². The van der Waals surface area contributed by atoms with Crippen LogP contribution in [0.3, 0.4) is 0 Å². The predicted octanol–water partition coefficient (Wildman–Crippen LogP) is 5.68. The van der Waals surface area contributed by atoms with Crippen LogP contribution in [0.2, 0.25) is 5.02 Å². The van der Waals surface area contributed by atoms with E-state index >= 15 is 0 Å². The summed E-state index contributed by atoms with van der Waals surface area (Å²) in [5.41, 5.74) is 7.77. The van der Waals surface area contributed by atoms with Crippen molar-refractivity contribution in [2.45, 2.75) is 32.9 Å². The number of likely N-dealkylation sites (tertiary alicyclic amines) is 1. The number of aryl methyl sites for hydroxylation is 1. The predicted molar refractivity (Wildman–Crippen MR) is 150 cm³/mol. The molecule has 1 saturated heterocycles. The first kappa shape index (κ1) is 24.8. The second-order valence-corrected chi connectivity index (χ2v) is 10.1. The number of hydrogen-bond acceptors (Lipinski definition) is 2. The molecule has 5 nitrogen and oxygen atoms in total. The smallest absolute Gasteiger partial charge is 0.246 e. The SMILES string of the molecule is C=CC(=O)N1CC(NC(=O)Cn2c(C)c(-c3ccccc3Cc3ccccc3)c3cc(Cl)cc(C)c32)C1. The van der Waals surface area contributed by atoms with Gasteiger partial charge in [-0.15, -0.1) is 0 Å². The lowest BCUT2D eigenvalue weighted by Crippen LogP contribution is -2.61. The minimum absolute atomic E-state index is 0.0415. The summed E-state index contributed by atoms with van der Waals surface area (Å²) in [6.07, 6.45) is 2.11. The van der Waals surface area contributed by atoms with E-state index in [1.165, 1.54) is 17.2 Å². The van der Waals surface area contributed by atoms with E-state index in [2.05, 4.69) is 71.9 Å². The van der Waals surface area contributed by atoms with Crippen molar-refractivity contribution in [2.24, 2.45) is 0 Å². The maximum atomic E-state index is 13.1. The Hall–Kier alpha value is -3.83. The molecule has 0 bridgehead atoms. The van der Waals surface area contributed by atoms with Crippen molar-refractivity contribution in [3.8, 4) is 11.1 Å². The van der Waals surface area contributed by atoms with E-state index in [0.29, 0.717) is 18.1 Å². The number of aromatic nitrogens is 1. The normalized spacial score (nSPS) is 13.4. The summed E-state index contributed by atoms with van der Waals surface area (Å²) in [4.78, 5) is 26.5. The number of carbonyl (C=O) groups excluding carboxylic acids is 2. The van der Waals surface area contributed by atoms with E-state index in [1.54, 1.807) is 4.90 Å². The molecular formula is C31H30ClN3O2. The first-order valence-corrected chi connectivity index (χ1v) is 12.9. The number of hydrogen-bond donors (Lipinski definition) is 1. The first-order chi connectivity index (χ1) is 17.9. The van der Waals surface area contributed by atoms with Gasteiger partial charge < -0.3 is 14.8 Å². The van der Waals surface area contributed by atoms with Crippen molar-refractivity contribution in [2.75, 3.05) is 13.1 Å². The highest BCUT2D eigenvalue weighted by Gasteiger charge is 2.30. The summed E-state index contributed by atoms with van der Waals surface area (Å²) in [5, 5.41) is 4.80. The van der Waals surface area contributed by atoms with Crippen molar-refractivity contribution >= 4 is 34.3 Å². The highest BCUT2D eigenvalue weighted by Crippen LogP contribution is 2.39. The quantitative estimate of drug-likeness (QED) is 0.324. The number of nitrogens with zero attached hydrogens (tertiary/aromatic N) is 2. The average molecular weight is 512 g/mol. The third-order valence-corrected chi connectivity index (χ3v) is 7.35. The van der Waals surface area contributed by atoms with Crippen LogP contribution in [0.25, 0.3) is 22.0 Å². The Balaban J connectivity index is 1.51. The van der Waals surface area contributed by atoms with E-state index in [4.69, 9.17) is 11.6 Å². The fourth-order valence-corrected chi connectivity index (χ4v) is 5.62. The van der Waals surface area contributed by atoms with Gasteiger partial charge in [0.25, 0.3) is 0 Å². The Labute approximate surface area is 222 Å². The van der Waals surface area contributed by atoms with E-state index in [1.807, 2.05) is 25.1 Å². The monoisotopic (exact) mass is 511 g/mol. The van der Waals surface area contributed by atoms with Crippen LogP contribution in [-0.4, -0.2) is 40.4 Å². The molecule has 0 atom stereocenters. The van der Waals surface area contributed by atoms with Gasteiger partial charge in [0.2, 0.25) is 11.8 Å². The lowest BCUT2D eigenvalue weighted by molar-refractivity contribution is -0.133. The molecule has 188 valence electrons. The fraction of sp³-hybridized carbons (Fsp3) is 0.226. The molecule has 1 fully saturated rings. The maximum absolute atomic E-state index is 13.1. The number of fused-ring (bicyclic) bond motifs is 1. The highest BCUT2D eigenvalue weighted by molar-refractivity contribution is 6.31. The van der Waals surface area contributed by atoms with Crippen molar-refractivity contribution in [3.05, 3.63) is 107 Å². The van der Waals surface area contributed by atoms with Gasteiger partial charge in [-0.1, -0.05) is 72.8 Å². The highest BCUT2D eigenvalue weighted by atomic mass is 35.5. The molecular weight excluding hydrogens is 482 g/mol. The molecule has 2 heterocycles. The van der Waals surface area contributed by atoms with Crippen LogP contribution >= 0.6 is 11.6 Å². The minimum Gasteiger partial charge on any atom is -0.348 e. The van der Waals surface area contributed by atoms with Crippen LogP contribution in [0.1, 0.15) is 22.4 Å². The first-order valence-electron chi connectivity index (χ1n) is 12.5. The largest absolute Gasteiger partial charge is 0.348 e. The van der Waals surface area contributed by atoms with E-state index in [-0.39, 0.29) is 24.4 Å². The molecule has 1 aliphatic heterocycles. The number of benzene rings is 3. The molecule has 0 saturated carbocycles. The molecule has 6 heteroatoms. The van der Waals surface area contributed by atoms with Crippen molar-refractivity contribution in [1.29, 1.82) is 0 Å². The average Bonchev–Trinajstić information content (AvgIpc) is 3.12. The molecule has 37 heavy (non-hydrogen) atoms. The molecule has 1 aliphatic rings. The summed E-state index contributed by atoms with van der Waals surface area (Å²) < 4.78 is 2.09. The molecule has 4 aromatic rings. The van der Waals surface area contributed by atoms with Crippen LogP contribution in [0.4, 0.5) is 0 Å². The van der Waals surface area contributed by atoms with Gasteiger partial charge >= 0.3 is 0 Å². The third kappa shape index (κ3) is 4.92. The maximum Gasteiger partial charge on any atom is 0.246 e. The summed E-state index contributed by atoms with van der Waals surface area (Å²) in [6.45, 7) is 8.84. The van der Waals surface area contributed by atoms with E-state index in [9.17, 15) is 9.59 Å². The zero-order valence-electron chi connectivity index (χ0n) is 21.1. The van der Waals surface area contributed by atoms with Crippen LogP contribution in [0.15, 0.2) is 79.4 Å². The molecule has 2 amide bonds. The minimum atomic E-state index is -0.107. The van der Waals surface area contributed by atoms with Crippen LogP contribution in [0.5, 0.6) is 0 Å². The number of rotatable bonds is 7. The van der Waals surface area contributed by atoms with Crippen molar-refractivity contribution in [3.63, 3.8) is 0 Å². The van der Waals surface area contributed by atoms with Crippen LogP contribution < -0.4 is 5.32 Å². The Morgan fingerprint density at radius 2 is 1.76 bits per heavy atom. The lowest BCUT2D eigenvalue weighted by atomic mass is 9.93. The lowest BCUT2D eigenvalue weighted by Gasteiger charge is -2.38. The topological polar surface area (TPSA) is 54.3 Å². The number of halogens is 1. The van der Waals surface area contributed by atoms with Gasteiger partial charge in [0.05, 0.1) is 11.6 Å². The Bertz CT molecular complexity index is 1500. The van der Waals surface area contributed by atoms with Crippen molar-refractivity contribution < 1.29 is 9.59 Å². The Morgan fingerprint density at radius 1 is 1.05 bits per heavy atom. The molecule has 0 unspecified atom stereocenters. The van der Waals surface area contributed by atoms with Gasteiger partial charge in [0.1, 0.15) is 6.54 Å². The summed E-state index contributed by atoms with van der Waals surface area (Å²) >= 11 is 6.54. The van der Waals surface area contributed by atoms with Gasteiger partial charge in [-0.2, -0.15) is 0 Å². The third-order valence-electron chi connectivity index (χ3n) is 7.13. The second kappa shape index (κ2) is 10.3. The zero-order valence-corrected chi connectivity index (χ0v) is 21.9. The van der Waals surface area contributed by atoms with Gasteiger partial charge in [-0.25, -0.2) is 0 Å². The van der Waals surface area contributed by atoms with Crippen molar-refractivity contribution in [1.82, 2.24) is 14.8 Å². The number of nitrogens with one attached hydrogen (secondary N) is 1. The van der Waals surface area contributed by atoms with Gasteiger partial charge in [0, 0.05) is 34.8 Å². The number of amides is 2.